The maximum Gasteiger partial charge on any atom is 0.127 e. The molecule has 0 bridgehead atoms. The van der Waals surface area contributed by atoms with E-state index in [0.717, 1.165) is 23.8 Å². The summed E-state index contributed by atoms with van der Waals surface area (Å²) in [5.41, 5.74) is 8.68. The number of rotatable bonds is 4. The topological polar surface area (TPSA) is 43.8 Å². The normalized spacial score (nSPS) is 16.5. The van der Waals surface area contributed by atoms with E-state index in [1.54, 1.807) is 0 Å². The van der Waals surface area contributed by atoms with Crippen LogP contribution in [-0.4, -0.2) is 9.55 Å². The molecule has 0 saturated heterocycles. The van der Waals surface area contributed by atoms with Crippen LogP contribution in [0.4, 0.5) is 5.82 Å². The second-order valence-corrected chi connectivity index (χ2v) is 5.61. The van der Waals surface area contributed by atoms with Crippen molar-refractivity contribution >= 4 is 5.82 Å². The number of hydrogen-bond acceptors (Lipinski definition) is 2. The maximum absolute atomic E-state index is 6.27. The van der Waals surface area contributed by atoms with Gasteiger partial charge >= 0.3 is 0 Å². The van der Waals surface area contributed by atoms with E-state index < -0.39 is 0 Å². The van der Waals surface area contributed by atoms with Gasteiger partial charge in [0.25, 0.3) is 0 Å². The number of benzene rings is 1. The fraction of sp³-hybridized carbons (Fsp3) is 0.438. The van der Waals surface area contributed by atoms with E-state index in [-0.39, 0.29) is 0 Å². The van der Waals surface area contributed by atoms with Crippen molar-refractivity contribution in [1.29, 1.82) is 0 Å². The molecular weight excluding hydrogens is 234 g/mol. The molecule has 3 nitrogen and oxygen atoms in total. The van der Waals surface area contributed by atoms with Crippen LogP contribution in [0.5, 0.6) is 0 Å². The molecule has 1 heterocycles. The van der Waals surface area contributed by atoms with Crippen molar-refractivity contribution in [2.75, 3.05) is 5.73 Å². The van der Waals surface area contributed by atoms with Gasteiger partial charge < -0.3 is 10.3 Å². The number of nitrogen functional groups attached to an aromatic ring is 1. The molecule has 0 amide bonds. The number of imidazole rings is 1. The van der Waals surface area contributed by atoms with Crippen LogP contribution in [0, 0.1) is 6.92 Å². The zero-order valence-electron chi connectivity index (χ0n) is 11.6. The Bertz CT molecular complexity index is 567. The number of nitrogens with zero attached hydrogens (tertiary/aromatic N) is 2. The van der Waals surface area contributed by atoms with Crippen LogP contribution in [-0.2, 0) is 6.42 Å². The molecule has 0 aliphatic heterocycles. The standard InChI is InChI=1S/C16H21N3/c1-11(13-6-4-3-5-7-13)10-15-16(17)19(12(2)18-15)14-8-9-14/h3-7,11,14H,8-10,17H2,1-2H3. The molecule has 0 radical (unpaired) electrons. The van der Waals surface area contributed by atoms with Crippen molar-refractivity contribution in [3.63, 3.8) is 0 Å². The number of aryl methyl sites for hydroxylation is 1. The summed E-state index contributed by atoms with van der Waals surface area (Å²) in [6.07, 6.45) is 3.40. The van der Waals surface area contributed by atoms with Gasteiger partial charge in [-0.3, -0.25) is 0 Å². The quantitative estimate of drug-likeness (QED) is 0.909. The Balaban J connectivity index is 1.82. The molecule has 100 valence electrons. The summed E-state index contributed by atoms with van der Waals surface area (Å²) in [5.74, 6) is 2.39. The Labute approximate surface area is 114 Å². The first kappa shape index (κ1) is 12.3. The molecule has 2 aromatic rings. The van der Waals surface area contributed by atoms with Crippen LogP contribution in [0.2, 0.25) is 0 Å². The van der Waals surface area contributed by atoms with E-state index in [2.05, 4.69) is 53.7 Å². The molecule has 19 heavy (non-hydrogen) atoms. The average molecular weight is 255 g/mol. The smallest absolute Gasteiger partial charge is 0.127 e. The Kier molecular flexibility index (Phi) is 3.05. The highest BCUT2D eigenvalue weighted by Crippen LogP contribution is 2.39. The monoisotopic (exact) mass is 255 g/mol. The van der Waals surface area contributed by atoms with Crippen LogP contribution < -0.4 is 5.73 Å². The van der Waals surface area contributed by atoms with Crippen molar-refractivity contribution in [3.05, 3.63) is 47.4 Å². The Morgan fingerprint density at radius 1 is 1.32 bits per heavy atom. The van der Waals surface area contributed by atoms with Gasteiger partial charge in [-0.2, -0.15) is 0 Å². The zero-order chi connectivity index (χ0) is 13.4. The Morgan fingerprint density at radius 2 is 2.00 bits per heavy atom. The van der Waals surface area contributed by atoms with E-state index in [4.69, 9.17) is 5.73 Å². The summed E-state index contributed by atoms with van der Waals surface area (Å²) in [6, 6.07) is 11.2. The second kappa shape index (κ2) is 4.72. The van der Waals surface area contributed by atoms with Crippen LogP contribution in [0.25, 0.3) is 0 Å². The molecule has 0 spiro atoms. The molecule has 1 aliphatic rings. The third kappa shape index (κ3) is 2.37. The lowest BCUT2D eigenvalue weighted by Crippen LogP contribution is -2.05. The second-order valence-electron chi connectivity index (χ2n) is 5.61. The molecule has 1 aromatic heterocycles. The van der Waals surface area contributed by atoms with E-state index >= 15 is 0 Å². The summed E-state index contributed by atoms with van der Waals surface area (Å²) >= 11 is 0. The van der Waals surface area contributed by atoms with Crippen LogP contribution in [0.1, 0.15) is 48.8 Å². The Hall–Kier alpha value is -1.77. The van der Waals surface area contributed by atoms with Crippen LogP contribution in [0.3, 0.4) is 0 Å². The lowest BCUT2D eigenvalue weighted by molar-refractivity contribution is 0.719. The van der Waals surface area contributed by atoms with Crippen molar-refractivity contribution in [3.8, 4) is 0 Å². The van der Waals surface area contributed by atoms with E-state index in [1.165, 1.54) is 18.4 Å². The van der Waals surface area contributed by atoms with Gasteiger partial charge in [0.1, 0.15) is 11.6 Å². The van der Waals surface area contributed by atoms with Gasteiger partial charge in [-0.05, 0) is 37.7 Å². The molecule has 2 N–H and O–H groups in total. The molecule has 3 heteroatoms. The molecule has 1 aliphatic carbocycles. The first-order chi connectivity index (χ1) is 9.16. The molecule has 3 rings (SSSR count). The minimum absolute atomic E-state index is 0.449. The van der Waals surface area contributed by atoms with Gasteiger partial charge in [0.2, 0.25) is 0 Å². The van der Waals surface area contributed by atoms with Crippen molar-refractivity contribution < 1.29 is 0 Å². The molecular formula is C16H21N3. The molecule has 1 unspecified atom stereocenters. The third-order valence-electron chi connectivity index (χ3n) is 3.98. The highest BCUT2D eigenvalue weighted by atomic mass is 15.2. The Morgan fingerprint density at radius 3 is 2.63 bits per heavy atom. The van der Waals surface area contributed by atoms with E-state index in [1.807, 2.05) is 0 Å². The summed E-state index contributed by atoms with van der Waals surface area (Å²) in [7, 11) is 0. The SMILES string of the molecule is Cc1nc(CC(C)c2ccccc2)c(N)n1C1CC1. The van der Waals surface area contributed by atoms with Crippen LogP contribution in [0.15, 0.2) is 30.3 Å². The van der Waals surface area contributed by atoms with Gasteiger partial charge in [-0.15, -0.1) is 0 Å². The average Bonchev–Trinajstić information content (AvgIpc) is 3.19. The van der Waals surface area contributed by atoms with Crippen molar-refractivity contribution in [1.82, 2.24) is 9.55 Å². The predicted octanol–water partition coefficient (Wildman–Crippen LogP) is 3.45. The summed E-state index contributed by atoms with van der Waals surface area (Å²) < 4.78 is 2.22. The summed E-state index contributed by atoms with van der Waals surface area (Å²) in [6.45, 7) is 4.30. The molecule has 1 fully saturated rings. The lowest BCUT2D eigenvalue weighted by atomic mass is 9.96. The fourth-order valence-electron chi connectivity index (χ4n) is 2.75. The summed E-state index contributed by atoms with van der Waals surface area (Å²) in [5, 5.41) is 0. The molecule has 1 aromatic carbocycles. The first-order valence-electron chi connectivity index (χ1n) is 7.05. The highest BCUT2D eigenvalue weighted by molar-refractivity contribution is 5.40. The number of hydrogen-bond donors (Lipinski definition) is 1. The van der Waals surface area contributed by atoms with Crippen molar-refractivity contribution in [2.24, 2.45) is 0 Å². The maximum atomic E-state index is 6.27. The summed E-state index contributed by atoms with van der Waals surface area (Å²) in [4.78, 5) is 4.67. The molecule has 1 atom stereocenters. The minimum Gasteiger partial charge on any atom is -0.384 e. The number of aromatic nitrogens is 2. The van der Waals surface area contributed by atoms with Gasteiger partial charge in [-0.1, -0.05) is 37.3 Å². The lowest BCUT2D eigenvalue weighted by Gasteiger charge is -2.11. The first-order valence-corrected chi connectivity index (χ1v) is 7.05. The number of anilines is 1. The van der Waals surface area contributed by atoms with Gasteiger partial charge in [-0.25, -0.2) is 4.98 Å². The van der Waals surface area contributed by atoms with Crippen molar-refractivity contribution in [2.45, 2.75) is 45.1 Å². The van der Waals surface area contributed by atoms with Gasteiger partial charge in [0.15, 0.2) is 0 Å². The molecule has 1 saturated carbocycles. The predicted molar refractivity (Wildman–Crippen MR) is 78.2 cm³/mol. The fourth-order valence-corrected chi connectivity index (χ4v) is 2.75. The third-order valence-corrected chi connectivity index (χ3v) is 3.98. The van der Waals surface area contributed by atoms with E-state index in [0.29, 0.717) is 12.0 Å². The number of nitrogens with two attached hydrogens (primary N) is 1. The van der Waals surface area contributed by atoms with Crippen LogP contribution >= 0.6 is 0 Å². The zero-order valence-corrected chi connectivity index (χ0v) is 11.6. The largest absolute Gasteiger partial charge is 0.384 e. The van der Waals surface area contributed by atoms with E-state index in [9.17, 15) is 0 Å². The van der Waals surface area contributed by atoms with Gasteiger partial charge in [0, 0.05) is 6.04 Å². The minimum atomic E-state index is 0.449. The van der Waals surface area contributed by atoms with Gasteiger partial charge in [0.05, 0.1) is 5.69 Å². The highest BCUT2D eigenvalue weighted by Gasteiger charge is 2.28.